The van der Waals surface area contributed by atoms with Gasteiger partial charge in [0, 0.05) is 27.7 Å². The Hall–Kier alpha value is -3.10. The van der Waals surface area contributed by atoms with Gasteiger partial charge in [0.05, 0.1) is 6.42 Å². The lowest BCUT2D eigenvalue weighted by Crippen LogP contribution is -2.41. The number of rotatable bonds is 7. The predicted molar refractivity (Wildman–Crippen MR) is 112 cm³/mol. The highest BCUT2D eigenvalue weighted by molar-refractivity contribution is 6.31. The van der Waals surface area contributed by atoms with E-state index in [1.54, 1.807) is 25.1 Å². The van der Waals surface area contributed by atoms with Crippen LogP contribution in [0.4, 0.5) is 5.69 Å². The topological polar surface area (TPSA) is 114 Å². The van der Waals surface area contributed by atoms with Crippen molar-refractivity contribution in [3.05, 3.63) is 63.6 Å². The zero-order chi connectivity index (χ0) is 22.1. The van der Waals surface area contributed by atoms with Crippen molar-refractivity contribution in [3.8, 4) is 0 Å². The number of hydrogen-bond acceptors (Lipinski definition) is 5. The quantitative estimate of drug-likeness (QED) is 0.442. The maximum atomic E-state index is 11.9. The standard InChI is InChI=1S/C20H19Cl2N3O5/c1-12-2-5-15(22)10-16(12)23-18(27)11-30-19(28)9-8-17(26)24-25-20(29)13-3-6-14(21)7-4-13/h2-7,10H,8-9,11H2,1H3,(H,23,27)(H,24,26)(H,25,29). The van der Waals surface area contributed by atoms with Gasteiger partial charge >= 0.3 is 5.97 Å². The summed E-state index contributed by atoms with van der Waals surface area (Å²) in [5.74, 6) is -2.38. The normalized spacial score (nSPS) is 10.1. The summed E-state index contributed by atoms with van der Waals surface area (Å²) in [6, 6.07) is 11.1. The molecule has 0 aromatic heterocycles. The van der Waals surface area contributed by atoms with E-state index in [-0.39, 0.29) is 12.8 Å². The number of ether oxygens (including phenoxy) is 1. The number of carbonyl (C=O) groups excluding carboxylic acids is 4. The number of hydrogen-bond donors (Lipinski definition) is 3. The number of benzene rings is 2. The van der Waals surface area contributed by atoms with Crippen molar-refractivity contribution in [1.29, 1.82) is 0 Å². The third-order valence-corrected chi connectivity index (χ3v) is 4.30. The largest absolute Gasteiger partial charge is 0.456 e. The molecule has 0 saturated carbocycles. The van der Waals surface area contributed by atoms with Crippen molar-refractivity contribution in [3.63, 3.8) is 0 Å². The molecule has 0 aliphatic rings. The van der Waals surface area contributed by atoms with E-state index >= 15 is 0 Å². The van der Waals surface area contributed by atoms with Crippen molar-refractivity contribution in [1.82, 2.24) is 10.9 Å². The molecule has 0 bridgehead atoms. The molecule has 0 radical (unpaired) electrons. The molecule has 30 heavy (non-hydrogen) atoms. The fourth-order valence-corrected chi connectivity index (χ4v) is 2.51. The smallest absolute Gasteiger partial charge is 0.306 e. The summed E-state index contributed by atoms with van der Waals surface area (Å²) in [5, 5.41) is 3.52. The van der Waals surface area contributed by atoms with Crippen molar-refractivity contribution in [2.24, 2.45) is 0 Å². The van der Waals surface area contributed by atoms with E-state index in [4.69, 9.17) is 27.9 Å². The second-order valence-electron chi connectivity index (χ2n) is 6.18. The Kier molecular flexibility index (Phi) is 8.64. The molecule has 10 heteroatoms. The van der Waals surface area contributed by atoms with Crippen LogP contribution in [0.15, 0.2) is 42.5 Å². The average Bonchev–Trinajstić information content (AvgIpc) is 2.72. The minimum absolute atomic E-state index is 0.227. The number of anilines is 1. The lowest BCUT2D eigenvalue weighted by molar-refractivity contribution is -0.148. The maximum Gasteiger partial charge on any atom is 0.306 e. The molecule has 2 rings (SSSR count). The van der Waals surface area contributed by atoms with Crippen LogP contribution in [-0.2, 0) is 19.1 Å². The Bertz CT molecular complexity index is 948. The highest BCUT2D eigenvalue weighted by Crippen LogP contribution is 2.20. The Morgan fingerprint density at radius 1 is 0.867 bits per heavy atom. The van der Waals surface area contributed by atoms with Gasteiger partial charge in [-0.05, 0) is 48.9 Å². The van der Waals surface area contributed by atoms with Gasteiger partial charge < -0.3 is 10.1 Å². The molecule has 0 heterocycles. The van der Waals surface area contributed by atoms with E-state index in [0.29, 0.717) is 21.3 Å². The molecule has 0 fully saturated rings. The monoisotopic (exact) mass is 451 g/mol. The first-order valence-corrected chi connectivity index (χ1v) is 9.56. The summed E-state index contributed by atoms with van der Waals surface area (Å²) in [5.41, 5.74) is 6.03. The van der Waals surface area contributed by atoms with Crippen molar-refractivity contribution in [2.75, 3.05) is 11.9 Å². The second-order valence-corrected chi connectivity index (χ2v) is 7.05. The van der Waals surface area contributed by atoms with E-state index < -0.39 is 30.3 Å². The van der Waals surface area contributed by atoms with Crippen LogP contribution in [0.25, 0.3) is 0 Å². The van der Waals surface area contributed by atoms with Gasteiger partial charge in [0.2, 0.25) is 5.91 Å². The van der Waals surface area contributed by atoms with Gasteiger partial charge in [0.15, 0.2) is 6.61 Å². The molecule has 3 amide bonds. The summed E-state index contributed by atoms with van der Waals surface area (Å²) in [4.78, 5) is 47.2. The first kappa shape index (κ1) is 23.2. The molecule has 158 valence electrons. The Morgan fingerprint density at radius 3 is 2.23 bits per heavy atom. The second kappa shape index (κ2) is 11.2. The summed E-state index contributed by atoms with van der Waals surface area (Å²) in [7, 11) is 0. The minimum atomic E-state index is -0.729. The van der Waals surface area contributed by atoms with Crippen LogP contribution < -0.4 is 16.2 Å². The lowest BCUT2D eigenvalue weighted by Gasteiger charge is -2.10. The zero-order valence-electron chi connectivity index (χ0n) is 16.0. The van der Waals surface area contributed by atoms with E-state index in [2.05, 4.69) is 16.2 Å². The molecule has 0 spiro atoms. The first-order valence-electron chi connectivity index (χ1n) is 8.81. The fraction of sp³-hybridized carbons (Fsp3) is 0.200. The van der Waals surface area contributed by atoms with Crippen LogP contribution in [0, 0.1) is 6.92 Å². The molecular formula is C20H19Cl2N3O5. The number of hydrazine groups is 1. The molecule has 0 unspecified atom stereocenters. The minimum Gasteiger partial charge on any atom is -0.456 e. The van der Waals surface area contributed by atoms with Crippen LogP contribution in [0.2, 0.25) is 10.0 Å². The SMILES string of the molecule is Cc1ccc(Cl)cc1NC(=O)COC(=O)CCC(=O)NNC(=O)c1ccc(Cl)cc1. The van der Waals surface area contributed by atoms with Crippen LogP contribution in [0.5, 0.6) is 0 Å². The lowest BCUT2D eigenvalue weighted by atomic mass is 10.2. The molecule has 3 N–H and O–H groups in total. The van der Waals surface area contributed by atoms with Gasteiger partial charge in [0.1, 0.15) is 0 Å². The maximum absolute atomic E-state index is 11.9. The molecule has 0 saturated heterocycles. The van der Waals surface area contributed by atoms with Crippen molar-refractivity contribution in [2.45, 2.75) is 19.8 Å². The molecule has 2 aromatic carbocycles. The summed E-state index contributed by atoms with van der Waals surface area (Å²) in [6.45, 7) is 1.29. The van der Waals surface area contributed by atoms with Gasteiger partial charge in [0.25, 0.3) is 11.8 Å². The van der Waals surface area contributed by atoms with E-state index in [9.17, 15) is 19.2 Å². The molecule has 2 aromatic rings. The molecule has 0 aliphatic heterocycles. The van der Waals surface area contributed by atoms with Crippen LogP contribution >= 0.6 is 23.2 Å². The summed E-state index contributed by atoms with van der Waals surface area (Å²) < 4.78 is 4.84. The Balaban J connectivity index is 1.66. The highest BCUT2D eigenvalue weighted by Gasteiger charge is 2.12. The Labute approximate surface area is 182 Å². The molecule has 8 nitrogen and oxygen atoms in total. The van der Waals surface area contributed by atoms with Gasteiger partial charge in [-0.3, -0.25) is 30.0 Å². The number of esters is 1. The van der Waals surface area contributed by atoms with Crippen LogP contribution in [0.1, 0.15) is 28.8 Å². The predicted octanol–water partition coefficient (Wildman–Crippen LogP) is 3.02. The molecular weight excluding hydrogens is 433 g/mol. The van der Waals surface area contributed by atoms with E-state index in [0.717, 1.165) is 5.56 Å². The van der Waals surface area contributed by atoms with Gasteiger partial charge in [-0.15, -0.1) is 0 Å². The van der Waals surface area contributed by atoms with E-state index in [1.807, 2.05) is 0 Å². The van der Waals surface area contributed by atoms with Crippen molar-refractivity contribution < 1.29 is 23.9 Å². The first-order chi connectivity index (χ1) is 14.2. The Morgan fingerprint density at radius 2 is 1.53 bits per heavy atom. The van der Waals surface area contributed by atoms with Gasteiger partial charge in [-0.2, -0.15) is 0 Å². The van der Waals surface area contributed by atoms with Crippen LogP contribution in [0.3, 0.4) is 0 Å². The number of aryl methyl sites for hydroxylation is 1. The highest BCUT2D eigenvalue weighted by atomic mass is 35.5. The zero-order valence-corrected chi connectivity index (χ0v) is 17.5. The van der Waals surface area contributed by atoms with Crippen molar-refractivity contribution >= 4 is 52.6 Å². The summed E-state index contributed by atoms with van der Waals surface area (Å²) >= 11 is 11.6. The van der Waals surface area contributed by atoms with E-state index in [1.165, 1.54) is 24.3 Å². The van der Waals surface area contributed by atoms with Gasteiger partial charge in [-0.1, -0.05) is 29.3 Å². The number of carbonyl (C=O) groups is 4. The summed E-state index contributed by atoms with van der Waals surface area (Å²) in [6.07, 6.45) is -0.485. The molecule has 0 atom stereocenters. The number of nitrogens with one attached hydrogen (secondary N) is 3. The third-order valence-electron chi connectivity index (χ3n) is 3.82. The van der Waals surface area contributed by atoms with Crippen LogP contribution in [-0.4, -0.2) is 30.3 Å². The average molecular weight is 452 g/mol. The molecule has 0 aliphatic carbocycles. The third kappa shape index (κ3) is 7.73. The number of halogens is 2. The van der Waals surface area contributed by atoms with Gasteiger partial charge in [-0.25, -0.2) is 0 Å². The number of amides is 3. The fourth-order valence-electron chi connectivity index (χ4n) is 2.21.